The molecule has 0 aromatic rings. The minimum Gasteiger partial charge on any atom is -0.302 e. The summed E-state index contributed by atoms with van der Waals surface area (Å²) in [5.41, 5.74) is 0.0833. The van der Waals surface area contributed by atoms with E-state index < -0.39 is 0 Å². The van der Waals surface area contributed by atoms with Crippen LogP contribution in [0.3, 0.4) is 0 Å². The van der Waals surface area contributed by atoms with E-state index in [4.69, 9.17) is 5.26 Å². The first-order chi connectivity index (χ1) is 4.35. The number of nitriles is 1. The molecule has 0 N–H and O–H groups in total. The molecular formula is C7H10N2. The summed E-state index contributed by atoms with van der Waals surface area (Å²) in [6, 6.07) is 2.43. The van der Waals surface area contributed by atoms with Gasteiger partial charge in [-0.1, -0.05) is 0 Å². The van der Waals surface area contributed by atoms with E-state index in [0.717, 1.165) is 32.5 Å². The topological polar surface area (TPSA) is 27.0 Å². The van der Waals surface area contributed by atoms with Gasteiger partial charge in [-0.25, -0.2) is 0 Å². The van der Waals surface area contributed by atoms with Gasteiger partial charge in [0.05, 0.1) is 11.5 Å². The third-order valence-corrected chi connectivity index (χ3v) is 2.58. The fourth-order valence-corrected chi connectivity index (χ4v) is 1.87. The molecule has 0 aliphatic carbocycles. The molecule has 2 aliphatic rings. The Morgan fingerprint density at radius 3 is 2.22 bits per heavy atom. The maximum atomic E-state index is 8.77. The Balaban J connectivity index is 2.25. The van der Waals surface area contributed by atoms with E-state index in [0.29, 0.717) is 0 Å². The monoisotopic (exact) mass is 122 g/mol. The Labute approximate surface area is 55.1 Å². The van der Waals surface area contributed by atoms with Crippen LogP contribution in [-0.2, 0) is 0 Å². The molecule has 0 atom stereocenters. The van der Waals surface area contributed by atoms with E-state index in [9.17, 15) is 0 Å². The summed E-state index contributed by atoms with van der Waals surface area (Å²) >= 11 is 0. The molecule has 0 saturated carbocycles. The van der Waals surface area contributed by atoms with Gasteiger partial charge in [-0.15, -0.1) is 0 Å². The van der Waals surface area contributed by atoms with Crippen LogP contribution in [0.4, 0.5) is 0 Å². The van der Waals surface area contributed by atoms with Crippen LogP contribution in [-0.4, -0.2) is 24.5 Å². The second-order valence-electron chi connectivity index (χ2n) is 3.17. The molecule has 0 radical (unpaired) electrons. The highest BCUT2D eigenvalue weighted by molar-refractivity contribution is 5.09. The van der Waals surface area contributed by atoms with Crippen molar-refractivity contribution in [2.75, 3.05) is 19.6 Å². The number of rotatable bonds is 0. The van der Waals surface area contributed by atoms with Gasteiger partial charge in [-0.05, 0) is 25.9 Å². The average Bonchev–Trinajstić information content (AvgIpc) is 2.46. The van der Waals surface area contributed by atoms with Crippen molar-refractivity contribution in [3.63, 3.8) is 0 Å². The van der Waals surface area contributed by atoms with Gasteiger partial charge in [0.2, 0.25) is 0 Å². The molecule has 2 rings (SSSR count). The normalized spacial score (nSPS) is 47.2. The van der Waals surface area contributed by atoms with E-state index in [1.807, 2.05) is 0 Å². The second-order valence-corrected chi connectivity index (χ2v) is 3.17. The molecule has 0 spiro atoms. The number of fused-ring (bicyclic) bond motifs is 2. The van der Waals surface area contributed by atoms with Gasteiger partial charge < -0.3 is 4.90 Å². The van der Waals surface area contributed by atoms with Gasteiger partial charge in [-0.3, -0.25) is 0 Å². The van der Waals surface area contributed by atoms with Crippen molar-refractivity contribution in [2.24, 2.45) is 5.41 Å². The van der Waals surface area contributed by atoms with Gasteiger partial charge in [0, 0.05) is 6.54 Å². The van der Waals surface area contributed by atoms with Gasteiger partial charge in [0.1, 0.15) is 0 Å². The SMILES string of the molecule is N#CC12CCN(CC1)C2. The predicted octanol–water partition coefficient (Wildman–Crippen LogP) is 0.606. The van der Waals surface area contributed by atoms with Crippen LogP contribution < -0.4 is 0 Å². The Morgan fingerprint density at radius 1 is 1.33 bits per heavy atom. The van der Waals surface area contributed by atoms with Crippen molar-refractivity contribution in [3.8, 4) is 6.07 Å². The fraction of sp³-hybridized carbons (Fsp3) is 0.857. The molecule has 0 aromatic heterocycles. The van der Waals surface area contributed by atoms with Crippen molar-refractivity contribution in [1.82, 2.24) is 4.90 Å². The molecule has 9 heavy (non-hydrogen) atoms. The average molecular weight is 122 g/mol. The molecule has 0 aromatic carbocycles. The van der Waals surface area contributed by atoms with E-state index in [2.05, 4.69) is 11.0 Å². The summed E-state index contributed by atoms with van der Waals surface area (Å²) in [5, 5.41) is 8.77. The molecule has 2 nitrogen and oxygen atoms in total. The zero-order valence-corrected chi connectivity index (χ0v) is 5.43. The van der Waals surface area contributed by atoms with E-state index in [1.165, 1.54) is 0 Å². The Morgan fingerprint density at radius 2 is 2.00 bits per heavy atom. The van der Waals surface area contributed by atoms with Crippen LogP contribution in [0.15, 0.2) is 0 Å². The van der Waals surface area contributed by atoms with Crippen molar-refractivity contribution in [1.29, 1.82) is 5.26 Å². The van der Waals surface area contributed by atoms with Crippen molar-refractivity contribution >= 4 is 0 Å². The highest BCUT2D eigenvalue weighted by Crippen LogP contribution is 2.39. The lowest BCUT2D eigenvalue weighted by Gasteiger charge is -2.14. The minimum atomic E-state index is 0.0833. The zero-order chi connectivity index (χ0) is 6.32. The maximum Gasteiger partial charge on any atom is 0.0725 e. The molecule has 2 bridgehead atoms. The van der Waals surface area contributed by atoms with Gasteiger partial charge in [0.25, 0.3) is 0 Å². The first-order valence-corrected chi connectivity index (χ1v) is 3.48. The van der Waals surface area contributed by atoms with Crippen LogP contribution >= 0.6 is 0 Å². The van der Waals surface area contributed by atoms with Crippen LogP contribution in [0.25, 0.3) is 0 Å². The number of hydrogen-bond donors (Lipinski definition) is 0. The highest BCUT2D eigenvalue weighted by Gasteiger charge is 2.43. The van der Waals surface area contributed by atoms with Crippen LogP contribution in [0, 0.1) is 16.7 Å². The Hall–Kier alpha value is -0.550. The molecule has 2 heterocycles. The van der Waals surface area contributed by atoms with Crippen LogP contribution in [0.5, 0.6) is 0 Å². The zero-order valence-electron chi connectivity index (χ0n) is 5.43. The summed E-state index contributed by atoms with van der Waals surface area (Å²) in [6.45, 7) is 3.37. The van der Waals surface area contributed by atoms with Crippen LogP contribution in [0.1, 0.15) is 12.8 Å². The van der Waals surface area contributed by atoms with Crippen molar-refractivity contribution in [2.45, 2.75) is 12.8 Å². The molecular weight excluding hydrogens is 112 g/mol. The molecule has 2 fully saturated rings. The minimum absolute atomic E-state index is 0.0833. The number of nitrogens with zero attached hydrogens (tertiary/aromatic N) is 2. The number of hydrogen-bond acceptors (Lipinski definition) is 2. The van der Waals surface area contributed by atoms with E-state index in [-0.39, 0.29) is 5.41 Å². The molecule has 2 aliphatic heterocycles. The van der Waals surface area contributed by atoms with Gasteiger partial charge in [0.15, 0.2) is 0 Å². The largest absolute Gasteiger partial charge is 0.302 e. The lowest BCUT2D eigenvalue weighted by Crippen LogP contribution is -2.17. The smallest absolute Gasteiger partial charge is 0.0725 e. The molecule has 2 saturated heterocycles. The lowest BCUT2D eigenvalue weighted by atomic mass is 9.87. The summed E-state index contributed by atoms with van der Waals surface area (Å²) in [4.78, 5) is 2.38. The molecule has 48 valence electrons. The third kappa shape index (κ3) is 0.585. The van der Waals surface area contributed by atoms with Crippen LogP contribution in [0.2, 0.25) is 0 Å². The van der Waals surface area contributed by atoms with E-state index >= 15 is 0 Å². The van der Waals surface area contributed by atoms with Gasteiger partial charge in [-0.2, -0.15) is 5.26 Å². The Kier molecular flexibility index (Phi) is 0.866. The van der Waals surface area contributed by atoms with E-state index in [1.54, 1.807) is 0 Å². The fourth-order valence-electron chi connectivity index (χ4n) is 1.87. The molecule has 2 heteroatoms. The summed E-state index contributed by atoms with van der Waals surface area (Å²) in [6.07, 6.45) is 2.23. The highest BCUT2D eigenvalue weighted by atomic mass is 15.2. The van der Waals surface area contributed by atoms with Crippen molar-refractivity contribution < 1.29 is 0 Å². The third-order valence-electron chi connectivity index (χ3n) is 2.58. The summed E-state index contributed by atoms with van der Waals surface area (Å²) < 4.78 is 0. The lowest BCUT2D eigenvalue weighted by molar-refractivity contribution is 0.361. The quantitative estimate of drug-likeness (QED) is 0.470. The predicted molar refractivity (Wildman–Crippen MR) is 33.7 cm³/mol. The second kappa shape index (κ2) is 1.48. The summed E-state index contributed by atoms with van der Waals surface area (Å²) in [5.74, 6) is 0. The summed E-state index contributed by atoms with van der Waals surface area (Å²) in [7, 11) is 0. The van der Waals surface area contributed by atoms with Gasteiger partial charge >= 0.3 is 0 Å². The molecule has 0 amide bonds. The standard InChI is InChI=1S/C7H10N2/c8-5-7-1-3-9(6-7)4-2-7/h1-4,6H2. The van der Waals surface area contributed by atoms with Crippen molar-refractivity contribution in [3.05, 3.63) is 0 Å². The number of piperidine rings is 1. The maximum absolute atomic E-state index is 8.77. The first kappa shape index (κ1) is 5.25. The molecule has 0 unspecified atom stereocenters. The first-order valence-electron chi connectivity index (χ1n) is 3.48. The Bertz CT molecular complexity index is 160.